The average molecular weight is 421 g/mol. The molecule has 6 nitrogen and oxygen atoms in total. The second-order valence-corrected chi connectivity index (χ2v) is 9.42. The molecule has 7 heteroatoms. The van der Waals surface area contributed by atoms with Gasteiger partial charge in [0.05, 0.1) is 16.6 Å². The highest BCUT2D eigenvalue weighted by molar-refractivity contribution is 7.90. The largest absolute Gasteiger partial charge is 0.357 e. The van der Waals surface area contributed by atoms with Crippen molar-refractivity contribution in [3.05, 3.63) is 89.4 Å². The molecule has 0 aliphatic heterocycles. The zero-order chi connectivity index (χ0) is 21.3. The standard InChI is InChI=1S/C23H24N4O2S/c1-4-17-8-10-18(11-9-17)22(19-6-5-7-20(15-19)30(3,28)29)25-23-21-14-16(2)26-27(21)13-12-24-23/h5-15,22H,4H2,1-3H3,(H,24,25). The summed E-state index contributed by atoms with van der Waals surface area (Å²) in [5, 5.41) is 7.97. The number of rotatable bonds is 6. The second-order valence-electron chi connectivity index (χ2n) is 7.41. The first kappa shape index (κ1) is 20.1. The van der Waals surface area contributed by atoms with Gasteiger partial charge in [0, 0.05) is 18.6 Å². The van der Waals surface area contributed by atoms with Crippen LogP contribution in [0.2, 0.25) is 0 Å². The van der Waals surface area contributed by atoms with Crippen molar-refractivity contribution in [2.24, 2.45) is 0 Å². The van der Waals surface area contributed by atoms with Crippen LogP contribution in [0.4, 0.5) is 5.82 Å². The number of aryl methyl sites for hydroxylation is 2. The van der Waals surface area contributed by atoms with Crippen molar-refractivity contribution in [3.8, 4) is 0 Å². The number of aromatic nitrogens is 3. The van der Waals surface area contributed by atoms with Crippen LogP contribution >= 0.6 is 0 Å². The maximum Gasteiger partial charge on any atom is 0.175 e. The molecule has 30 heavy (non-hydrogen) atoms. The van der Waals surface area contributed by atoms with Crippen molar-refractivity contribution in [2.75, 3.05) is 11.6 Å². The predicted molar refractivity (Wildman–Crippen MR) is 119 cm³/mol. The topological polar surface area (TPSA) is 76.4 Å². The van der Waals surface area contributed by atoms with Gasteiger partial charge in [-0.2, -0.15) is 5.10 Å². The van der Waals surface area contributed by atoms with Crippen molar-refractivity contribution in [2.45, 2.75) is 31.2 Å². The maximum atomic E-state index is 12.1. The molecule has 0 radical (unpaired) electrons. The van der Waals surface area contributed by atoms with Crippen LogP contribution in [0.15, 0.2) is 71.9 Å². The third-order valence-electron chi connectivity index (χ3n) is 5.13. The summed E-state index contributed by atoms with van der Waals surface area (Å²) in [6.07, 6.45) is 5.69. The molecule has 0 fully saturated rings. The Morgan fingerprint density at radius 2 is 1.83 bits per heavy atom. The summed E-state index contributed by atoms with van der Waals surface area (Å²) in [6.45, 7) is 4.06. The average Bonchev–Trinajstić information content (AvgIpc) is 3.12. The van der Waals surface area contributed by atoms with Crippen LogP contribution in [0, 0.1) is 6.92 Å². The minimum Gasteiger partial charge on any atom is -0.357 e. The van der Waals surface area contributed by atoms with E-state index >= 15 is 0 Å². The van der Waals surface area contributed by atoms with Crippen LogP contribution in [0.5, 0.6) is 0 Å². The zero-order valence-corrected chi connectivity index (χ0v) is 18.0. The summed E-state index contributed by atoms with van der Waals surface area (Å²) in [4.78, 5) is 4.82. The van der Waals surface area contributed by atoms with Crippen LogP contribution in [-0.2, 0) is 16.3 Å². The monoisotopic (exact) mass is 420 g/mol. The van der Waals surface area contributed by atoms with E-state index < -0.39 is 9.84 Å². The van der Waals surface area contributed by atoms with E-state index in [9.17, 15) is 8.42 Å². The fraction of sp³-hybridized carbons (Fsp3) is 0.217. The SMILES string of the molecule is CCc1ccc(C(Nc2nccn3nc(C)cc23)c2cccc(S(C)(=O)=O)c2)cc1. The second kappa shape index (κ2) is 7.91. The van der Waals surface area contributed by atoms with E-state index in [-0.39, 0.29) is 6.04 Å². The van der Waals surface area contributed by atoms with Gasteiger partial charge >= 0.3 is 0 Å². The molecule has 1 atom stereocenters. The highest BCUT2D eigenvalue weighted by Gasteiger charge is 2.19. The van der Waals surface area contributed by atoms with Gasteiger partial charge in [-0.15, -0.1) is 0 Å². The Balaban J connectivity index is 1.83. The summed E-state index contributed by atoms with van der Waals surface area (Å²) >= 11 is 0. The van der Waals surface area contributed by atoms with Gasteiger partial charge in [-0.05, 0) is 48.2 Å². The van der Waals surface area contributed by atoms with Gasteiger partial charge in [0.15, 0.2) is 15.7 Å². The summed E-state index contributed by atoms with van der Waals surface area (Å²) in [5.74, 6) is 0.687. The number of nitrogens with one attached hydrogen (secondary N) is 1. The fourth-order valence-electron chi connectivity index (χ4n) is 3.52. The molecule has 0 saturated heterocycles. The third-order valence-corrected chi connectivity index (χ3v) is 6.24. The molecule has 4 rings (SSSR count). The van der Waals surface area contributed by atoms with Gasteiger partial charge < -0.3 is 5.32 Å². The molecule has 2 heterocycles. The van der Waals surface area contributed by atoms with Crippen molar-refractivity contribution in [3.63, 3.8) is 0 Å². The maximum absolute atomic E-state index is 12.1. The van der Waals surface area contributed by atoms with Gasteiger partial charge in [0.1, 0.15) is 5.52 Å². The Labute approximate surface area is 176 Å². The number of anilines is 1. The van der Waals surface area contributed by atoms with Gasteiger partial charge in [0.25, 0.3) is 0 Å². The van der Waals surface area contributed by atoms with E-state index in [1.807, 2.05) is 25.3 Å². The molecule has 2 aromatic carbocycles. The van der Waals surface area contributed by atoms with Crippen LogP contribution in [0.25, 0.3) is 5.52 Å². The molecular weight excluding hydrogens is 396 g/mol. The van der Waals surface area contributed by atoms with Crippen molar-refractivity contribution >= 4 is 21.2 Å². The molecule has 0 saturated carbocycles. The Morgan fingerprint density at radius 3 is 2.53 bits per heavy atom. The highest BCUT2D eigenvalue weighted by atomic mass is 32.2. The normalized spacial score (nSPS) is 12.8. The van der Waals surface area contributed by atoms with E-state index in [2.05, 4.69) is 46.6 Å². The number of hydrogen-bond acceptors (Lipinski definition) is 5. The first-order valence-corrected chi connectivity index (χ1v) is 11.7. The van der Waals surface area contributed by atoms with E-state index in [0.717, 1.165) is 28.8 Å². The third kappa shape index (κ3) is 4.07. The Kier molecular flexibility index (Phi) is 5.30. The number of fused-ring (bicyclic) bond motifs is 1. The first-order chi connectivity index (χ1) is 14.3. The van der Waals surface area contributed by atoms with Crippen LogP contribution in [-0.4, -0.2) is 29.3 Å². The molecule has 154 valence electrons. The van der Waals surface area contributed by atoms with Gasteiger partial charge in [-0.1, -0.05) is 43.3 Å². The van der Waals surface area contributed by atoms with Crippen LogP contribution in [0.3, 0.4) is 0 Å². The lowest BCUT2D eigenvalue weighted by Crippen LogP contribution is -2.15. The van der Waals surface area contributed by atoms with E-state index in [1.165, 1.54) is 11.8 Å². The molecule has 4 aromatic rings. The molecule has 0 amide bonds. The molecule has 0 spiro atoms. The molecule has 2 aromatic heterocycles. The van der Waals surface area contributed by atoms with Crippen LogP contribution < -0.4 is 5.32 Å². The van der Waals surface area contributed by atoms with Crippen LogP contribution in [0.1, 0.15) is 35.3 Å². The van der Waals surface area contributed by atoms with E-state index in [0.29, 0.717) is 10.7 Å². The Morgan fingerprint density at radius 1 is 1.07 bits per heavy atom. The lowest BCUT2D eigenvalue weighted by atomic mass is 9.97. The molecule has 0 aliphatic rings. The lowest BCUT2D eigenvalue weighted by molar-refractivity contribution is 0.601. The summed E-state index contributed by atoms with van der Waals surface area (Å²) < 4.78 is 26.0. The molecular formula is C23H24N4O2S. The van der Waals surface area contributed by atoms with Crippen molar-refractivity contribution in [1.29, 1.82) is 0 Å². The molecule has 1 unspecified atom stereocenters. The van der Waals surface area contributed by atoms with E-state index in [4.69, 9.17) is 0 Å². The minimum absolute atomic E-state index is 0.272. The fourth-order valence-corrected chi connectivity index (χ4v) is 4.20. The Bertz CT molecular complexity index is 1290. The number of sulfone groups is 1. The molecule has 0 bridgehead atoms. The smallest absolute Gasteiger partial charge is 0.175 e. The highest BCUT2D eigenvalue weighted by Crippen LogP contribution is 2.29. The number of benzene rings is 2. The van der Waals surface area contributed by atoms with Gasteiger partial charge in [-0.3, -0.25) is 0 Å². The number of hydrogen-bond donors (Lipinski definition) is 1. The molecule has 1 N–H and O–H groups in total. The predicted octanol–water partition coefficient (Wildman–Crippen LogP) is 4.21. The molecule has 0 aliphatic carbocycles. The van der Waals surface area contributed by atoms with Gasteiger partial charge in [-0.25, -0.2) is 17.9 Å². The number of nitrogens with zero attached hydrogens (tertiary/aromatic N) is 3. The van der Waals surface area contributed by atoms with E-state index in [1.54, 1.807) is 28.9 Å². The van der Waals surface area contributed by atoms with Crippen molar-refractivity contribution < 1.29 is 8.42 Å². The summed E-state index contributed by atoms with van der Waals surface area (Å²) in [6, 6.07) is 17.1. The first-order valence-electron chi connectivity index (χ1n) is 9.81. The lowest BCUT2D eigenvalue weighted by Gasteiger charge is -2.22. The summed E-state index contributed by atoms with van der Waals surface area (Å²) in [7, 11) is -3.31. The van der Waals surface area contributed by atoms with Gasteiger partial charge in [0.2, 0.25) is 0 Å². The quantitative estimate of drug-likeness (QED) is 0.506. The van der Waals surface area contributed by atoms with Crippen molar-refractivity contribution in [1.82, 2.24) is 14.6 Å². The zero-order valence-electron chi connectivity index (χ0n) is 17.2. The minimum atomic E-state index is -3.31. The summed E-state index contributed by atoms with van der Waals surface area (Å²) in [5.41, 5.74) is 4.88. The Hall–Kier alpha value is -3.19.